The highest BCUT2D eigenvalue weighted by molar-refractivity contribution is 7.98. The Morgan fingerprint density at radius 2 is 1.68 bits per heavy atom. The lowest BCUT2D eigenvalue weighted by atomic mass is 10.0. The third-order valence-corrected chi connectivity index (χ3v) is 7.34. The number of aliphatic hydroxyl groups is 2. The quantitative estimate of drug-likeness (QED) is 0.109. The maximum Gasteiger partial charge on any atom is 0.328 e. The molecule has 0 saturated carbocycles. The molecule has 0 unspecified atom stereocenters. The summed E-state index contributed by atoms with van der Waals surface area (Å²) < 4.78 is 0. The second-order valence-electron chi connectivity index (χ2n) is 9.81. The van der Waals surface area contributed by atoms with Crippen LogP contribution in [0.1, 0.15) is 31.7 Å². The molecule has 0 bridgehead atoms. The Morgan fingerprint density at radius 1 is 1.05 bits per heavy atom. The highest BCUT2D eigenvalue weighted by Gasteiger charge is 2.39. The average Bonchev–Trinajstić information content (AvgIpc) is 3.43. The molecule has 1 aromatic carbocycles. The number of carbonyl (C=O) groups is 5. The van der Waals surface area contributed by atoms with Crippen molar-refractivity contribution in [2.45, 2.75) is 68.9 Å². The number of aromatic hydroxyl groups is 1. The summed E-state index contributed by atoms with van der Waals surface area (Å²) in [5, 5.41) is 45.1. The lowest BCUT2D eigenvalue weighted by molar-refractivity contribution is -0.144. The second kappa shape index (κ2) is 16.1. The van der Waals surface area contributed by atoms with Gasteiger partial charge in [0.1, 0.15) is 36.0 Å². The Hall–Kier alpha value is -3.40. The molecule has 0 aliphatic carbocycles. The monoisotopic (exact) mass is 597 g/mol. The number of thioether (sulfide) groups is 1. The average molecular weight is 598 g/mol. The SMILES string of the molecule is CSCC[C@H](NC(=O)[C@@H]1CCCN1C(=O)[C@H](Cc1ccc(O)cc1)NC(=O)[C@@H](N)[C@@H](C)O)C(=O)N[C@@H](CO)C(=O)O. The predicted molar refractivity (Wildman–Crippen MR) is 150 cm³/mol. The molecular formula is C26H39N5O9S. The summed E-state index contributed by atoms with van der Waals surface area (Å²) in [5.41, 5.74) is 6.37. The highest BCUT2D eigenvalue weighted by Crippen LogP contribution is 2.21. The number of aliphatic carboxylic acids is 1. The van der Waals surface area contributed by atoms with E-state index < -0.39 is 72.5 Å². The van der Waals surface area contributed by atoms with Gasteiger partial charge in [-0.2, -0.15) is 11.8 Å². The van der Waals surface area contributed by atoms with E-state index in [1.807, 2.05) is 0 Å². The molecule has 1 saturated heterocycles. The van der Waals surface area contributed by atoms with Crippen molar-refractivity contribution in [1.29, 1.82) is 0 Å². The number of hydrogen-bond donors (Lipinski definition) is 8. The van der Waals surface area contributed by atoms with E-state index in [4.69, 9.17) is 10.8 Å². The van der Waals surface area contributed by atoms with Crippen LogP contribution in [0.15, 0.2) is 24.3 Å². The zero-order valence-electron chi connectivity index (χ0n) is 23.0. The number of benzene rings is 1. The first-order valence-corrected chi connectivity index (χ1v) is 14.5. The van der Waals surface area contributed by atoms with Crippen molar-refractivity contribution >= 4 is 41.4 Å². The Morgan fingerprint density at radius 3 is 2.24 bits per heavy atom. The van der Waals surface area contributed by atoms with E-state index in [1.54, 1.807) is 18.4 Å². The number of aliphatic hydroxyl groups excluding tert-OH is 2. The molecule has 0 aromatic heterocycles. The first-order chi connectivity index (χ1) is 19.4. The molecule has 1 fully saturated rings. The van der Waals surface area contributed by atoms with Gasteiger partial charge in [-0.15, -0.1) is 0 Å². The molecule has 0 radical (unpaired) electrons. The number of likely N-dealkylation sites (tertiary alicyclic amines) is 1. The molecule has 1 aliphatic heterocycles. The fourth-order valence-electron chi connectivity index (χ4n) is 4.29. The van der Waals surface area contributed by atoms with Gasteiger partial charge >= 0.3 is 5.97 Å². The van der Waals surface area contributed by atoms with Crippen LogP contribution in [0.5, 0.6) is 5.75 Å². The molecule has 14 nitrogen and oxygen atoms in total. The summed E-state index contributed by atoms with van der Waals surface area (Å²) in [5.74, 6) is -3.69. The molecule has 6 atom stereocenters. The zero-order chi connectivity index (χ0) is 30.7. The van der Waals surface area contributed by atoms with E-state index in [0.717, 1.165) is 0 Å². The molecule has 9 N–H and O–H groups in total. The molecule has 0 spiro atoms. The van der Waals surface area contributed by atoms with Crippen molar-refractivity contribution in [3.05, 3.63) is 29.8 Å². The third kappa shape index (κ3) is 9.88. The van der Waals surface area contributed by atoms with Gasteiger partial charge in [-0.3, -0.25) is 19.2 Å². The fourth-order valence-corrected chi connectivity index (χ4v) is 4.76. The Labute approximate surface area is 242 Å². The minimum atomic E-state index is -1.54. The topological polar surface area (TPSA) is 232 Å². The van der Waals surface area contributed by atoms with Gasteiger partial charge in [-0.05, 0) is 55.9 Å². The minimum absolute atomic E-state index is 0.0126. The third-order valence-electron chi connectivity index (χ3n) is 6.69. The van der Waals surface area contributed by atoms with Crippen molar-refractivity contribution in [3.63, 3.8) is 0 Å². The number of carboxylic acids is 1. The number of nitrogens with two attached hydrogens (primary N) is 1. The number of carboxylic acid groups (broad SMARTS) is 1. The zero-order valence-corrected chi connectivity index (χ0v) is 23.8. The first kappa shape index (κ1) is 33.8. The summed E-state index contributed by atoms with van der Waals surface area (Å²) >= 11 is 1.41. The number of carbonyl (C=O) groups excluding carboxylic acids is 4. The van der Waals surface area contributed by atoms with Gasteiger partial charge in [-0.25, -0.2) is 4.79 Å². The minimum Gasteiger partial charge on any atom is -0.508 e. The van der Waals surface area contributed by atoms with Crippen LogP contribution in [0, 0.1) is 0 Å². The molecule has 228 valence electrons. The van der Waals surface area contributed by atoms with Crippen LogP contribution in [-0.2, 0) is 30.4 Å². The fraction of sp³-hybridized carbons (Fsp3) is 0.577. The Kier molecular flexibility index (Phi) is 13.3. The molecular weight excluding hydrogens is 558 g/mol. The lowest BCUT2D eigenvalue weighted by Gasteiger charge is -2.30. The van der Waals surface area contributed by atoms with Crippen LogP contribution in [0.25, 0.3) is 0 Å². The van der Waals surface area contributed by atoms with E-state index >= 15 is 0 Å². The van der Waals surface area contributed by atoms with Gasteiger partial charge in [-0.1, -0.05) is 12.1 Å². The highest BCUT2D eigenvalue weighted by atomic mass is 32.2. The molecule has 2 rings (SSSR count). The summed E-state index contributed by atoms with van der Waals surface area (Å²) in [6.45, 7) is 0.710. The van der Waals surface area contributed by atoms with Crippen LogP contribution in [-0.4, -0.2) is 116 Å². The number of nitrogens with one attached hydrogen (secondary N) is 3. The maximum atomic E-state index is 13.7. The number of amides is 4. The van der Waals surface area contributed by atoms with E-state index in [9.17, 15) is 39.3 Å². The van der Waals surface area contributed by atoms with Gasteiger partial charge < -0.3 is 47.0 Å². The normalized spacial score (nSPS) is 18.5. The van der Waals surface area contributed by atoms with Crippen LogP contribution in [0.3, 0.4) is 0 Å². The summed E-state index contributed by atoms with van der Waals surface area (Å²) in [6, 6.07) is -0.0589. The van der Waals surface area contributed by atoms with Gasteiger partial charge in [0.2, 0.25) is 23.6 Å². The molecule has 1 aliphatic rings. The number of nitrogens with zero attached hydrogens (tertiary/aromatic N) is 1. The summed E-state index contributed by atoms with van der Waals surface area (Å²) in [7, 11) is 0. The van der Waals surface area contributed by atoms with Gasteiger partial charge in [0.25, 0.3) is 0 Å². The smallest absolute Gasteiger partial charge is 0.328 e. The maximum absolute atomic E-state index is 13.7. The molecule has 1 heterocycles. The van der Waals surface area contributed by atoms with Crippen LogP contribution < -0.4 is 21.7 Å². The van der Waals surface area contributed by atoms with Crippen molar-refractivity contribution in [3.8, 4) is 5.75 Å². The van der Waals surface area contributed by atoms with Crippen molar-refractivity contribution in [2.75, 3.05) is 25.2 Å². The van der Waals surface area contributed by atoms with Crippen molar-refractivity contribution in [1.82, 2.24) is 20.9 Å². The number of phenolic OH excluding ortho intramolecular Hbond substituents is 1. The number of phenols is 1. The number of hydrogen-bond acceptors (Lipinski definition) is 10. The largest absolute Gasteiger partial charge is 0.508 e. The van der Waals surface area contributed by atoms with Crippen molar-refractivity contribution in [2.24, 2.45) is 5.73 Å². The summed E-state index contributed by atoms with van der Waals surface area (Å²) in [6.07, 6.45) is 1.57. The number of rotatable bonds is 15. The van der Waals surface area contributed by atoms with E-state index in [1.165, 1.54) is 35.7 Å². The molecule has 41 heavy (non-hydrogen) atoms. The standard InChI is InChI=1S/C26H39N5O9S/c1-14(33)21(27)24(37)29-18(12-15-5-7-16(34)8-6-15)25(38)31-10-3-4-20(31)23(36)28-17(9-11-41-2)22(35)30-19(13-32)26(39)40/h5-8,14,17-21,32-34H,3-4,9-13,27H2,1-2H3,(H,28,36)(H,29,37)(H,30,35)(H,39,40)/t14-,17+,18+,19+,20+,21+/m1/s1. The van der Waals surface area contributed by atoms with Gasteiger partial charge in [0, 0.05) is 13.0 Å². The van der Waals surface area contributed by atoms with E-state index in [0.29, 0.717) is 17.7 Å². The van der Waals surface area contributed by atoms with Crippen LogP contribution in [0.2, 0.25) is 0 Å². The Bertz CT molecular complexity index is 1070. The van der Waals surface area contributed by atoms with E-state index in [-0.39, 0.29) is 31.6 Å². The van der Waals surface area contributed by atoms with Crippen molar-refractivity contribution < 1.29 is 44.4 Å². The Balaban J connectivity index is 2.24. The molecule has 1 aromatic rings. The predicted octanol–water partition coefficient (Wildman–Crippen LogP) is -2.08. The molecule has 4 amide bonds. The van der Waals surface area contributed by atoms with Crippen LogP contribution in [0.4, 0.5) is 0 Å². The van der Waals surface area contributed by atoms with E-state index in [2.05, 4.69) is 16.0 Å². The second-order valence-corrected chi connectivity index (χ2v) is 10.8. The molecule has 15 heteroatoms. The summed E-state index contributed by atoms with van der Waals surface area (Å²) in [4.78, 5) is 65.0. The first-order valence-electron chi connectivity index (χ1n) is 13.1. The van der Waals surface area contributed by atoms with Gasteiger partial charge in [0.05, 0.1) is 12.7 Å². The van der Waals surface area contributed by atoms with Crippen LogP contribution >= 0.6 is 11.8 Å². The van der Waals surface area contributed by atoms with Gasteiger partial charge in [0.15, 0.2) is 0 Å². The lowest BCUT2D eigenvalue weighted by Crippen LogP contribution is -2.59.